The van der Waals surface area contributed by atoms with Crippen molar-refractivity contribution in [1.29, 1.82) is 0 Å². The van der Waals surface area contributed by atoms with Crippen molar-refractivity contribution in [3.63, 3.8) is 0 Å². The van der Waals surface area contributed by atoms with Gasteiger partial charge in [0.25, 0.3) is 0 Å². The van der Waals surface area contributed by atoms with Gasteiger partial charge in [-0.05, 0) is 30.4 Å². The van der Waals surface area contributed by atoms with Gasteiger partial charge < -0.3 is 4.90 Å². The lowest BCUT2D eigenvalue weighted by molar-refractivity contribution is 0.777. The van der Waals surface area contributed by atoms with E-state index in [4.69, 9.17) is 11.6 Å². The Morgan fingerprint density at radius 3 is 2.79 bits per heavy atom. The standard InChI is InChI=1S/C11H15ClN2/c1-14(8-9-2-3-9)11-5-4-10(6-12)7-13-11/h4-5,7,9H,2-3,6,8H2,1H3. The number of rotatable bonds is 4. The van der Waals surface area contributed by atoms with Crippen LogP contribution in [0.15, 0.2) is 18.3 Å². The van der Waals surface area contributed by atoms with Crippen LogP contribution in [-0.4, -0.2) is 18.6 Å². The summed E-state index contributed by atoms with van der Waals surface area (Å²) < 4.78 is 0. The van der Waals surface area contributed by atoms with E-state index in [-0.39, 0.29) is 0 Å². The Morgan fingerprint density at radius 2 is 2.29 bits per heavy atom. The first-order chi connectivity index (χ1) is 6.79. The zero-order chi connectivity index (χ0) is 9.97. The van der Waals surface area contributed by atoms with Gasteiger partial charge in [0, 0.05) is 25.7 Å². The zero-order valence-corrected chi connectivity index (χ0v) is 9.17. The molecule has 1 heterocycles. The maximum Gasteiger partial charge on any atom is 0.128 e. The van der Waals surface area contributed by atoms with Crippen LogP contribution < -0.4 is 4.90 Å². The van der Waals surface area contributed by atoms with Crippen molar-refractivity contribution in [1.82, 2.24) is 4.98 Å². The molecule has 2 rings (SSSR count). The quantitative estimate of drug-likeness (QED) is 0.711. The minimum absolute atomic E-state index is 0.541. The molecule has 0 radical (unpaired) electrons. The van der Waals surface area contributed by atoms with Crippen LogP contribution in [0.2, 0.25) is 0 Å². The second-order valence-electron chi connectivity index (χ2n) is 3.98. The average molecular weight is 211 g/mol. The third-order valence-corrected chi connectivity index (χ3v) is 2.89. The molecule has 14 heavy (non-hydrogen) atoms. The van der Waals surface area contributed by atoms with Crippen molar-refractivity contribution in [3.8, 4) is 0 Å². The van der Waals surface area contributed by atoms with Crippen molar-refractivity contribution in [2.24, 2.45) is 5.92 Å². The van der Waals surface area contributed by atoms with Crippen molar-refractivity contribution in [2.75, 3.05) is 18.5 Å². The van der Waals surface area contributed by atoms with Gasteiger partial charge in [0.1, 0.15) is 5.82 Å². The largest absolute Gasteiger partial charge is 0.359 e. The molecule has 1 aromatic heterocycles. The van der Waals surface area contributed by atoms with E-state index in [0.29, 0.717) is 5.88 Å². The Morgan fingerprint density at radius 1 is 1.50 bits per heavy atom. The van der Waals surface area contributed by atoms with Gasteiger partial charge in [-0.1, -0.05) is 6.07 Å². The molecule has 1 aromatic rings. The topological polar surface area (TPSA) is 16.1 Å². The monoisotopic (exact) mass is 210 g/mol. The summed E-state index contributed by atoms with van der Waals surface area (Å²) in [5.74, 6) is 2.49. The second-order valence-corrected chi connectivity index (χ2v) is 4.25. The first-order valence-electron chi connectivity index (χ1n) is 5.01. The second kappa shape index (κ2) is 4.18. The summed E-state index contributed by atoms with van der Waals surface area (Å²) in [6.45, 7) is 1.13. The molecule has 0 spiro atoms. The highest BCUT2D eigenvalue weighted by Gasteiger charge is 2.23. The molecule has 0 unspecified atom stereocenters. The number of halogens is 1. The summed E-state index contributed by atoms with van der Waals surface area (Å²) >= 11 is 5.70. The highest BCUT2D eigenvalue weighted by molar-refractivity contribution is 6.17. The van der Waals surface area contributed by atoms with Gasteiger partial charge >= 0.3 is 0 Å². The molecule has 1 fully saturated rings. The zero-order valence-electron chi connectivity index (χ0n) is 8.41. The van der Waals surface area contributed by atoms with Gasteiger partial charge in [-0.3, -0.25) is 0 Å². The molecule has 0 aromatic carbocycles. The molecule has 76 valence electrons. The fraction of sp³-hybridized carbons (Fsp3) is 0.545. The Labute approximate surface area is 89.9 Å². The smallest absolute Gasteiger partial charge is 0.128 e. The maximum atomic E-state index is 5.70. The predicted octanol–water partition coefficient (Wildman–Crippen LogP) is 2.67. The van der Waals surface area contributed by atoms with Crippen LogP contribution in [0.3, 0.4) is 0 Å². The summed E-state index contributed by atoms with van der Waals surface area (Å²) in [5, 5.41) is 0. The molecular formula is C11H15ClN2. The first-order valence-corrected chi connectivity index (χ1v) is 5.55. The minimum atomic E-state index is 0.541. The molecule has 0 bridgehead atoms. The number of hydrogen-bond acceptors (Lipinski definition) is 2. The lowest BCUT2D eigenvalue weighted by Gasteiger charge is -2.17. The Bertz CT molecular complexity index is 293. The number of nitrogens with zero attached hydrogens (tertiary/aromatic N) is 2. The highest BCUT2D eigenvalue weighted by Crippen LogP contribution is 2.30. The van der Waals surface area contributed by atoms with Gasteiger partial charge in [0.15, 0.2) is 0 Å². The molecule has 0 aliphatic heterocycles. The summed E-state index contributed by atoms with van der Waals surface area (Å²) in [7, 11) is 2.10. The van der Waals surface area contributed by atoms with Crippen LogP contribution in [0, 0.1) is 5.92 Å². The van der Waals surface area contributed by atoms with Crippen molar-refractivity contribution < 1.29 is 0 Å². The molecule has 0 N–H and O–H groups in total. The number of pyridine rings is 1. The summed E-state index contributed by atoms with van der Waals surface area (Å²) in [6, 6.07) is 4.08. The number of alkyl halides is 1. The Hall–Kier alpha value is -0.760. The summed E-state index contributed by atoms with van der Waals surface area (Å²) in [4.78, 5) is 6.59. The molecule has 0 amide bonds. The van der Waals surface area contributed by atoms with E-state index in [2.05, 4.69) is 16.9 Å². The van der Waals surface area contributed by atoms with E-state index in [0.717, 1.165) is 23.8 Å². The van der Waals surface area contributed by atoms with E-state index in [1.807, 2.05) is 18.3 Å². The van der Waals surface area contributed by atoms with E-state index in [1.54, 1.807) is 0 Å². The lowest BCUT2D eigenvalue weighted by Crippen LogP contribution is -2.20. The van der Waals surface area contributed by atoms with Crippen molar-refractivity contribution in [3.05, 3.63) is 23.9 Å². The third-order valence-electron chi connectivity index (χ3n) is 2.58. The van der Waals surface area contributed by atoms with Crippen LogP contribution in [0.4, 0.5) is 5.82 Å². The highest BCUT2D eigenvalue weighted by atomic mass is 35.5. The first kappa shape index (κ1) is 9.78. The molecule has 0 atom stereocenters. The fourth-order valence-electron chi connectivity index (χ4n) is 1.50. The fourth-order valence-corrected chi connectivity index (χ4v) is 1.66. The Kier molecular flexibility index (Phi) is 2.92. The number of hydrogen-bond donors (Lipinski definition) is 0. The maximum absolute atomic E-state index is 5.70. The Balaban J connectivity index is 1.99. The van der Waals surface area contributed by atoms with E-state index >= 15 is 0 Å². The van der Waals surface area contributed by atoms with Crippen LogP contribution >= 0.6 is 11.6 Å². The van der Waals surface area contributed by atoms with Crippen LogP contribution in [-0.2, 0) is 5.88 Å². The van der Waals surface area contributed by atoms with Crippen molar-refractivity contribution >= 4 is 17.4 Å². The van der Waals surface area contributed by atoms with Gasteiger partial charge in [-0.25, -0.2) is 4.98 Å². The molecule has 1 aliphatic rings. The molecule has 1 saturated carbocycles. The van der Waals surface area contributed by atoms with Gasteiger partial charge in [0.2, 0.25) is 0 Å². The van der Waals surface area contributed by atoms with Gasteiger partial charge in [-0.15, -0.1) is 11.6 Å². The normalized spacial score (nSPS) is 15.6. The molecule has 1 aliphatic carbocycles. The third kappa shape index (κ3) is 2.38. The van der Waals surface area contributed by atoms with Crippen LogP contribution in [0.25, 0.3) is 0 Å². The average Bonchev–Trinajstić information content (AvgIpc) is 3.02. The molecule has 2 nitrogen and oxygen atoms in total. The lowest BCUT2D eigenvalue weighted by atomic mass is 10.3. The van der Waals surface area contributed by atoms with Crippen LogP contribution in [0.1, 0.15) is 18.4 Å². The molecule has 0 saturated heterocycles. The SMILES string of the molecule is CN(CC1CC1)c1ccc(CCl)cn1. The number of aromatic nitrogens is 1. The minimum Gasteiger partial charge on any atom is -0.359 e. The van der Waals surface area contributed by atoms with E-state index < -0.39 is 0 Å². The number of anilines is 1. The van der Waals surface area contributed by atoms with Gasteiger partial charge in [0.05, 0.1) is 0 Å². The summed E-state index contributed by atoms with van der Waals surface area (Å²) in [5.41, 5.74) is 1.08. The predicted molar refractivity (Wildman–Crippen MR) is 59.8 cm³/mol. The van der Waals surface area contributed by atoms with E-state index in [9.17, 15) is 0 Å². The molecule has 3 heteroatoms. The van der Waals surface area contributed by atoms with Gasteiger partial charge in [-0.2, -0.15) is 0 Å². The molecular weight excluding hydrogens is 196 g/mol. The summed E-state index contributed by atoms with van der Waals surface area (Å²) in [6.07, 6.45) is 4.61. The van der Waals surface area contributed by atoms with E-state index in [1.165, 1.54) is 12.8 Å². The van der Waals surface area contributed by atoms with Crippen LogP contribution in [0.5, 0.6) is 0 Å². The van der Waals surface area contributed by atoms with Crippen molar-refractivity contribution in [2.45, 2.75) is 18.7 Å².